The van der Waals surface area contributed by atoms with Gasteiger partial charge < -0.3 is 44.7 Å². The number of nitrogens with two attached hydrogens (primary N) is 3. The minimum Gasteiger partial charge on any atom is -1.00 e. The van der Waals surface area contributed by atoms with Crippen molar-refractivity contribution < 1.29 is 169 Å². The number of nitrogens with one attached hydrogen (secondary N) is 3. The number of hydrogen-bond acceptors (Lipinski definition) is 18. The van der Waals surface area contributed by atoms with Crippen molar-refractivity contribution in [1.29, 1.82) is 0 Å². The standard InChI is InChI=1S/C29H28N6O2Si.C26H20N6O2.C24H19ClN6O2.C5H10Si.CH2O3.2Cs.H/c1-19(32-28(36)25-26(30)33-34-16-9-15-31-27(25)34)23-18-21-11-8-10-20(14-17-38(2,3)4)24(21)29(37)35(23)22-12-6-5-7-13-22;1-3-17-9-7-10-18-15-20(32(26(34)21(17)18)19-11-5-4-6-12-19)16(2)29-25(33)22-23(27)30-31-14-8-13-28-24(22)31;1-14(28-23(32)20-21(26)29-30-12-6-11-27-22(20)30)18-13-15-7-5-10-17(25)19(15)24(33)31(18)16-8-3-2-4-9-16;1-5-6(2,3)4;2-1-4-3;;;/h5-13,15-16,18-19H,1-4H3,(H2,30,33)(H,32,36);1,4-16H,2H3,(H2,27,30)(H,29,33);2-14H,1H3,(H2,26,29)(H,28,32);1H,2-4H3;1,3H;;;/q;;;;;2*+1;-1/p-1/t19-;16-;14-;;;;;/m000...../s1. The first-order chi connectivity index (χ1) is 55.1. The van der Waals surface area contributed by atoms with Crippen LogP contribution in [0.4, 0.5) is 17.5 Å². The molecule has 15 aromatic rings. The molecule has 3 atom stereocenters. The van der Waals surface area contributed by atoms with E-state index in [1.54, 1.807) is 101 Å². The first-order valence-electron chi connectivity index (χ1n) is 35.8. The molecule has 9 N–H and O–H groups in total. The molecule has 9 aromatic heterocycles. The van der Waals surface area contributed by atoms with Gasteiger partial charge in [0.05, 0.1) is 39.3 Å². The Morgan fingerprint density at radius 3 is 1.11 bits per heavy atom. The molecule has 6 aromatic carbocycles. The van der Waals surface area contributed by atoms with Crippen LogP contribution in [0.15, 0.2) is 234 Å². The van der Waals surface area contributed by atoms with Crippen molar-refractivity contribution in [3.05, 3.63) is 300 Å². The Morgan fingerprint density at radius 1 is 0.487 bits per heavy atom. The van der Waals surface area contributed by atoms with Crippen LogP contribution in [0.25, 0.3) is 66.3 Å². The van der Waals surface area contributed by atoms with Gasteiger partial charge in [0.25, 0.3) is 40.9 Å². The summed E-state index contributed by atoms with van der Waals surface area (Å²) in [6, 6.07) is 53.3. The van der Waals surface area contributed by atoms with Gasteiger partial charge in [0, 0.05) is 82.5 Å². The third-order valence-corrected chi connectivity index (χ3v) is 19.8. The molecule has 27 nitrogen and oxygen atoms in total. The summed E-state index contributed by atoms with van der Waals surface area (Å²) in [5.74, 6) is 4.79. The molecule has 0 radical (unpaired) electrons. The maximum Gasteiger partial charge on any atom is 1.00 e. The molecule has 0 spiro atoms. The van der Waals surface area contributed by atoms with Crippen molar-refractivity contribution in [2.24, 2.45) is 0 Å². The third-order valence-electron chi connectivity index (χ3n) is 17.7. The first kappa shape index (κ1) is 90.5. The second-order valence-corrected chi connectivity index (χ2v) is 38.1. The van der Waals surface area contributed by atoms with Crippen LogP contribution in [0.1, 0.15) is 99.6 Å². The summed E-state index contributed by atoms with van der Waals surface area (Å²) in [5.41, 5.74) is 30.1. The summed E-state index contributed by atoms with van der Waals surface area (Å²) in [5, 5.41) is 33.7. The van der Waals surface area contributed by atoms with Gasteiger partial charge in [0.15, 0.2) is 34.4 Å². The Bertz CT molecular complexity index is 6590. The van der Waals surface area contributed by atoms with Gasteiger partial charge in [-0.05, 0) is 128 Å². The zero-order valence-corrected chi connectivity index (χ0v) is 81.2. The minimum atomic E-state index is -1.66. The van der Waals surface area contributed by atoms with Gasteiger partial charge in [-0.25, -0.2) is 28.5 Å². The molecule has 9 heterocycles. The number of nitrogen functional groups attached to an aromatic ring is 3. The molecule has 117 heavy (non-hydrogen) atoms. The average Bonchev–Trinajstić information content (AvgIpc) is 1.19. The molecule has 0 saturated heterocycles. The van der Waals surface area contributed by atoms with Gasteiger partial charge in [-0.15, -0.1) is 39.2 Å². The van der Waals surface area contributed by atoms with E-state index in [9.17, 15) is 28.8 Å². The fraction of sp³-hybridized carbons (Fsp3) is 0.141. The number of aromatic nitrogens is 12. The van der Waals surface area contributed by atoms with E-state index in [1.807, 2.05) is 153 Å². The van der Waals surface area contributed by atoms with Gasteiger partial charge in [-0.3, -0.25) is 47.3 Å². The number of fused-ring (bicyclic) bond motifs is 6. The fourth-order valence-electron chi connectivity index (χ4n) is 12.5. The molecule has 0 aliphatic carbocycles. The maximum atomic E-state index is 14.1. The Hall–Kier alpha value is -10.4. The quantitative estimate of drug-likeness (QED) is 0.0283. The number of carbonyl (C=O) groups excluding carboxylic acids is 4. The second kappa shape index (κ2) is 40.1. The Labute approximate surface area is 798 Å². The van der Waals surface area contributed by atoms with Crippen molar-refractivity contribution in [2.45, 2.75) is 78.2 Å². The van der Waals surface area contributed by atoms with E-state index in [0.29, 0.717) is 94.2 Å². The van der Waals surface area contributed by atoms with E-state index in [4.69, 9.17) is 51.7 Å². The normalized spacial score (nSPS) is 11.6. The Kier molecular flexibility index (Phi) is 31.0. The predicted molar refractivity (Wildman–Crippen MR) is 452 cm³/mol. The summed E-state index contributed by atoms with van der Waals surface area (Å²) < 4.78 is 9.15. The molecule has 0 unspecified atom stereocenters. The number of benzene rings is 6. The summed E-state index contributed by atoms with van der Waals surface area (Å²) in [6.45, 7) is 18.2. The van der Waals surface area contributed by atoms with Crippen molar-refractivity contribution in [2.75, 3.05) is 17.2 Å². The van der Waals surface area contributed by atoms with E-state index in [2.05, 4.69) is 113 Å². The fourth-order valence-corrected chi connectivity index (χ4v) is 13.2. The maximum absolute atomic E-state index is 14.1. The molecule has 0 saturated carbocycles. The smallest absolute Gasteiger partial charge is 1.00 e. The summed E-state index contributed by atoms with van der Waals surface area (Å²) in [6.07, 6.45) is 20.5. The number of hydrogen-bond donors (Lipinski definition) is 6. The first-order valence-corrected chi connectivity index (χ1v) is 43.2. The molecule has 580 valence electrons. The average molecular weight is 1850 g/mol. The number of pyridine rings is 3. The van der Waals surface area contributed by atoms with E-state index in [0.717, 1.165) is 5.39 Å². The SMILES string of the molecule is C#C[Si](C)(C)C.C#Cc1cccc2cc([C@H](C)NC(=O)c3c(N)nn4cccnc34)n(-c3ccccc3)c(=O)c12.C[C@H](NC(=O)c1c(N)nn2cccnc12)c1cc2cccc(C#C[Si](C)(C)C)c2c(=O)n1-c1ccccc1.C[C@H](NC(=O)c1c(N)nn2cccnc12)c1cc2cccc(Cl)c2c(=O)n1-c1ccccc1.O=CO[O-].[Cs+].[Cs+].[H-]. The molecule has 32 heteroatoms. The number of anilines is 3. The van der Waals surface area contributed by atoms with Gasteiger partial charge in [0.2, 0.25) is 0 Å². The van der Waals surface area contributed by atoms with Crippen LogP contribution in [-0.2, 0) is 9.68 Å². The van der Waals surface area contributed by atoms with Crippen LogP contribution in [0, 0.1) is 35.8 Å². The molecule has 3 amide bonds. The molecule has 0 aliphatic heterocycles. The van der Waals surface area contributed by atoms with Crippen LogP contribution < -0.4 is 193 Å². The molecule has 0 fully saturated rings. The summed E-state index contributed by atoms with van der Waals surface area (Å²) in [4.78, 5) is 105. The number of carbonyl (C=O) groups is 4. The van der Waals surface area contributed by atoms with Crippen LogP contribution in [0.5, 0.6) is 0 Å². The minimum absolute atomic E-state index is 0. The molecule has 15 rings (SSSR count). The number of para-hydroxylation sites is 3. The van der Waals surface area contributed by atoms with Gasteiger partial charge in [-0.2, -0.15) is 0 Å². The number of amides is 3. The van der Waals surface area contributed by atoms with E-state index in [1.165, 1.54) is 13.5 Å². The van der Waals surface area contributed by atoms with Gasteiger partial charge >= 0.3 is 138 Å². The van der Waals surface area contributed by atoms with Crippen molar-refractivity contribution in [3.8, 4) is 52.8 Å². The summed E-state index contributed by atoms with van der Waals surface area (Å²) in [7, 11) is -2.76. The van der Waals surface area contributed by atoms with Crippen LogP contribution >= 0.6 is 11.6 Å². The van der Waals surface area contributed by atoms with Crippen molar-refractivity contribution >= 4 is 119 Å². The monoisotopic (exact) mass is 1850 g/mol. The molecule has 0 aliphatic rings. The third kappa shape index (κ3) is 20.9. The Balaban J connectivity index is 0.000000206. The predicted octanol–water partition coefficient (Wildman–Crippen LogP) is 5.24. The second-order valence-electron chi connectivity index (χ2n) is 28.1. The van der Waals surface area contributed by atoms with Crippen LogP contribution in [0.3, 0.4) is 0 Å². The number of halogens is 1. The van der Waals surface area contributed by atoms with Crippen LogP contribution in [-0.4, -0.2) is 97.8 Å². The zero-order chi connectivity index (χ0) is 82.6. The van der Waals surface area contributed by atoms with E-state index >= 15 is 0 Å². The largest absolute Gasteiger partial charge is 1.00 e. The molecular formula is C85H79ClCs2N18O9Si2. The number of rotatable bonds is 13. The number of nitrogens with zero attached hydrogens (tertiary/aromatic N) is 12. The van der Waals surface area contributed by atoms with Crippen molar-refractivity contribution in [3.63, 3.8) is 0 Å². The van der Waals surface area contributed by atoms with Crippen molar-refractivity contribution in [1.82, 2.24) is 73.4 Å². The van der Waals surface area contributed by atoms with Crippen LogP contribution in [0.2, 0.25) is 44.3 Å². The van der Waals surface area contributed by atoms with Gasteiger partial charge in [-0.1, -0.05) is 154 Å². The number of terminal acetylenes is 2. The topological polar surface area (TPSA) is 371 Å². The van der Waals surface area contributed by atoms with E-state index in [-0.39, 0.29) is 197 Å². The zero-order valence-electron chi connectivity index (χ0n) is 66.9. The van der Waals surface area contributed by atoms with E-state index < -0.39 is 52.0 Å². The molecule has 0 bridgehead atoms. The Morgan fingerprint density at radius 2 is 0.795 bits per heavy atom. The van der Waals surface area contributed by atoms with Gasteiger partial charge in [0.1, 0.15) is 32.8 Å². The molecular weight excluding hydrogens is 1770 g/mol. The summed E-state index contributed by atoms with van der Waals surface area (Å²) >= 11 is 6.37.